The van der Waals surface area contributed by atoms with Gasteiger partial charge < -0.3 is 10.1 Å². The van der Waals surface area contributed by atoms with Gasteiger partial charge in [-0.15, -0.1) is 11.8 Å². The molecule has 0 saturated carbocycles. The summed E-state index contributed by atoms with van der Waals surface area (Å²) in [5, 5.41) is 7.06. The van der Waals surface area contributed by atoms with Crippen LogP contribution in [0.2, 0.25) is 0 Å². The molecular weight excluding hydrogens is 346 g/mol. The minimum absolute atomic E-state index is 0.0734. The minimum atomic E-state index is -0.234. The Morgan fingerprint density at radius 1 is 1.15 bits per heavy atom. The monoisotopic (exact) mass is 367 g/mol. The molecule has 3 rings (SSSR count). The van der Waals surface area contributed by atoms with Gasteiger partial charge in [-0.05, 0) is 36.8 Å². The van der Waals surface area contributed by atoms with Gasteiger partial charge >= 0.3 is 0 Å². The third kappa shape index (κ3) is 4.89. The van der Waals surface area contributed by atoms with Crippen molar-refractivity contribution >= 4 is 23.5 Å². The summed E-state index contributed by atoms with van der Waals surface area (Å²) < 4.78 is 6.96. The van der Waals surface area contributed by atoms with E-state index >= 15 is 0 Å². The van der Waals surface area contributed by atoms with Crippen LogP contribution in [0.15, 0.2) is 71.8 Å². The summed E-state index contributed by atoms with van der Waals surface area (Å²) in [6.07, 6.45) is 1.86. The van der Waals surface area contributed by atoms with Gasteiger partial charge in [-0.1, -0.05) is 30.3 Å². The second-order valence-electron chi connectivity index (χ2n) is 5.81. The van der Waals surface area contributed by atoms with Crippen LogP contribution in [0.5, 0.6) is 5.75 Å². The molecule has 3 aromatic rings. The second-order valence-corrected chi connectivity index (χ2v) is 7.22. The fourth-order valence-corrected chi connectivity index (χ4v) is 3.29. The van der Waals surface area contributed by atoms with Crippen LogP contribution in [0.4, 0.5) is 5.82 Å². The number of nitrogens with zero attached hydrogens (tertiary/aromatic N) is 2. The Morgan fingerprint density at radius 3 is 2.58 bits per heavy atom. The number of methoxy groups -OCH3 is 1. The molecule has 1 heterocycles. The van der Waals surface area contributed by atoms with Gasteiger partial charge in [-0.3, -0.25) is 9.48 Å². The van der Waals surface area contributed by atoms with Crippen molar-refractivity contribution in [3.8, 4) is 5.75 Å². The molecule has 6 heteroatoms. The second kappa shape index (κ2) is 8.58. The maximum Gasteiger partial charge on any atom is 0.238 e. The summed E-state index contributed by atoms with van der Waals surface area (Å²) >= 11 is 1.50. The number of carbonyl (C=O) groups excluding carboxylic acids is 1. The van der Waals surface area contributed by atoms with E-state index in [9.17, 15) is 4.79 Å². The lowest BCUT2D eigenvalue weighted by molar-refractivity contribution is -0.115. The standard InChI is InChI=1S/C20H21N3O2S/c1-15(26-18-10-8-17(25-2)9-11-18)20(24)21-19-12-13-23(22-19)14-16-6-4-3-5-7-16/h3-13,15H,14H2,1-2H3,(H,21,22,24)/t15-/m0/s1. The highest BCUT2D eigenvalue weighted by Gasteiger charge is 2.15. The maximum atomic E-state index is 12.4. The summed E-state index contributed by atoms with van der Waals surface area (Å²) in [6.45, 7) is 2.55. The zero-order chi connectivity index (χ0) is 18.4. The van der Waals surface area contributed by atoms with Crippen molar-refractivity contribution in [2.75, 3.05) is 12.4 Å². The Kier molecular flexibility index (Phi) is 5.96. The first-order valence-electron chi connectivity index (χ1n) is 8.33. The zero-order valence-electron chi connectivity index (χ0n) is 14.8. The van der Waals surface area contributed by atoms with Crippen molar-refractivity contribution in [2.45, 2.75) is 23.6 Å². The first-order chi connectivity index (χ1) is 12.6. The topological polar surface area (TPSA) is 56.1 Å². The molecule has 2 aromatic carbocycles. The molecule has 0 aliphatic carbocycles. The van der Waals surface area contributed by atoms with E-state index in [1.165, 1.54) is 11.8 Å². The normalized spacial score (nSPS) is 11.8. The van der Waals surface area contributed by atoms with Gasteiger partial charge in [0.25, 0.3) is 0 Å². The highest BCUT2D eigenvalue weighted by atomic mass is 32.2. The van der Waals surface area contributed by atoms with E-state index < -0.39 is 0 Å². The van der Waals surface area contributed by atoms with Crippen molar-refractivity contribution in [1.29, 1.82) is 0 Å². The molecule has 5 nitrogen and oxygen atoms in total. The van der Waals surface area contributed by atoms with Crippen LogP contribution in [-0.2, 0) is 11.3 Å². The first kappa shape index (κ1) is 18.1. The molecule has 0 spiro atoms. The third-order valence-corrected chi connectivity index (χ3v) is 4.93. The van der Waals surface area contributed by atoms with Crippen LogP contribution in [-0.4, -0.2) is 28.0 Å². The summed E-state index contributed by atoms with van der Waals surface area (Å²) in [7, 11) is 1.63. The highest BCUT2D eigenvalue weighted by Crippen LogP contribution is 2.26. The Hall–Kier alpha value is -2.73. The van der Waals surface area contributed by atoms with Crippen molar-refractivity contribution in [3.05, 3.63) is 72.4 Å². The molecular formula is C20H21N3O2S. The predicted octanol–water partition coefficient (Wildman–Crippen LogP) is 4.06. The van der Waals surface area contributed by atoms with E-state index in [1.807, 2.05) is 78.5 Å². The van der Waals surface area contributed by atoms with Crippen LogP contribution >= 0.6 is 11.8 Å². The Labute approximate surface area is 157 Å². The summed E-state index contributed by atoms with van der Waals surface area (Å²) in [6, 6.07) is 19.6. The number of nitrogens with one attached hydrogen (secondary N) is 1. The molecule has 0 saturated heterocycles. The van der Waals surface area contributed by atoms with Crippen molar-refractivity contribution in [3.63, 3.8) is 0 Å². The lowest BCUT2D eigenvalue weighted by atomic mass is 10.2. The number of aromatic nitrogens is 2. The fraction of sp³-hybridized carbons (Fsp3) is 0.200. The Morgan fingerprint density at radius 2 is 1.88 bits per heavy atom. The predicted molar refractivity (Wildman–Crippen MR) is 105 cm³/mol. The van der Waals surface area contributed by atoms with Gasteiger partial charge in [0.1, 0.15) is 5.75 Å². The van der Waals surface area contributed by atoms with Crippen LogP contribution in [0.25, 0.3) is 0 Å². The molecule has 1 aromatic heterocycles. The van der Waals surface area contributed by atoms with Gasteiger partial charge in [0.2, 0.25) is 5.91 Å². The number of ether oxygens (including phenoxy) is 1. The summed E-state index contributed by atoms with van der Waals surface area (Å²) in [4.78, 5) is 13.4. The Bertz CT molecular complexity index is 847. The van der Waals surface area contributed by atoms with Crippen molar-refractivity contribution in [1.82, 2.24) is 9.78 Å². The molecule has 1 atom stereocenters. The van der Waals surface area contributed by atoms with Crippen LogP contribution in [0, 0.1) is 0 Å². The Balaban J connectivity index is 1.55. The number of rotatable bonds is 7. The van der Waals surface area contributed by atoms with Gasteiger partial charge in [0.15, 0.2) is 5.82 Å². The van der Waals surface area contributed by atoms with Gasteiger partial charge in [-0.25, -0.2) is 0 Å². The molecule has 0 bridgehead atoms. The zero-order valence-corrected chi connectivity index (χ0v) is 15.6. The number of carbonyl (C=O) groups is 1. The van der Waals surface area contributed by atoms with E-state index in [1.54, 1.807) is 7.11 Å². The summed E-state index contributed by atoms with van der Waals surface area (Å²) in [5.41, 5.74) is 1.16. The van der Waals surface area contributed by atoms with Crippen molar-refractivity contribution < 1.29 is 9.53 Å². The molecule has 0 unspecified atom stereocenters. The number of benzene rings is 2. The average molecular weight is 367 g/mol. The number of hydrogen-bond acceptors (Lipinski definition) is 4. The summed E-state index contributed by atoms with van der Waals surface area (Å²) in [5.74, 6) is 1.29. The lowest BCUT2D eigenvalue weighted by Crippen LogP contribution is -2.22. The minimum Gasteiger partial charge on any atom is -0.497 e. The van der Waals surface area contributed by atoms with Gasteiger partial charge in [0, 0.05) is 17.2 Å². The molecule has 0 aliphatic rings. The van der Waals surface area contributed by atoms with Gasteiger partial charge in [0.05, 0.1) is 18.9 Å². The highest BCUT2D eigenvalue weighted by molar-refractivity contribution is 8.00. The number of hydrogen-bond donors (Lipinski definition) is 1. The molecule has 26 heavy (non-hydrogen) atoms. The number of thioether (sulfide) groups is 1. The van der Waals surface area contributed by atoms with E-state index in [0.29, 0.717) is 12.4 Å². The largest absolute Gasteiger partial charge is 0.497 e. The van der Waals surface area contributed by atoms with Gasteiger partial charge in [-0.2, -0.15) is 5.10 Å². The smallest absolute Gasteiger partial charge is 0.238 e. The van der Waals surface area contributed by atoms with Crippen LogP contribution in [0.3, 0.4) is 0 Å². The molecule has 134 valence electrons. The molecule has 0 fully saturated rings. The van der Waals surface area contributed by atoms with E-state index in [-0.39, 0.29) is 11.2 Å². The van der Waals surface area contributed by atoms with E-state index in [0.717, 1.165) is 16.2 Å². The lowest BCUT2D eigenvalue weighted by Gasteiger charge is -2.11. The van der Waals surface area contributed by atoms with Crippen LogP contribution < -0.4 is 10.1 Å². The maximum absolute atomic E-state index is 12.4. The van der Waals surface area contributed by atoms with E-state index in [4.69, 9.17) is 4.74 Å². The van der Waals surface area contributed by atoms with E-state index in [2.05, 4.69) is 10.4 Å². The molecule has 0 aliphatic heterocycles. The third-order valence-electron chi connectivity index (χ3n) is 3.82. The molecule has 1 N–H and O–H groups in total. The number of amides is 1. The number of anilines is 1. The molecule has 0 radical (unpaired) electrons. The van der Waals surface area contributed by atoms with Crippen LogP contribution in [0.1, 0.15) is 12.5 Å². The van der Waals surface area contributed by atoms with Crippen molar-refractivity contribution in [2.24, 2.45) is 0 Å². The molecule has 1 amide bonds. The average Bonchev–Trinajstić information content (AvgIpc) is 3.10. The quantitative estimate of drug-likeness (QED) is 0.640. The SMILES string of the molecule is COc1ccc(S[C@@H](C)C(=O)Nc2ccn(Cc3ccccc3)n2)cc1. The fourth-order valence-electron chi connectivity index (χ4n) is 2.43. The first-order valence-corrected chi connectivity index (χ1v) is 9.21.